The van der Waals surface area contributed by atoms with Crippen molar-refractivity contribution in [2.24, 2.45) is 0 Å². The summed E-state index contributed by atoms with van der Waals surface area (Å²) in [5.41, 5.74) is 0. The van der Waals surface area contributed by atoms with Gasteiger partial charge in [-0.1, -0.05) is 6.42 Å². The van der Waals surface area contributed by atoms with Crippen LogP contribution in [0.2, 0.25) is 0 Å². The van der Waals surface area contributed by atoms with E-state index >= 15 is 0 Å². The van der Waals surface area contributed by atoms with Crippen molar-refractivity contribution >= 4 is 0 Å². The first-order valence-corrected chi connectivity index (χ1v) is 5.99. The second-order valence-corrected chi connectivity index (χ2v) is 4.55. The largest absolute Gasteiger partial charge is 0.395 e. The Hall–Kier alpha value is -0.120. The minimum absolute atomic E-state index is 0.313. The first kappa shape index (κ1) is 10.4. The van der Waals surface area contributed by atoms with E-state index in [0.29, 0.717) is 12.6 Å². The van der Waals surface area contributed by atoms with Crippen molar-refractivity contribution in [3.05, 3.63) is 0 Å². The molecule has 0 aromatic heterocycles. The highest BCUT2D eigenvalue weighted by molar-refractivity contribution is 4.87. The van der Waals surface area contributed by atoms with E-state index in [1.54, 1.807) is 0 Å². The standard InChI is InChI=1S/C11H22N2O/c14-8-7-13(10-3-1-4-10)11-5-2-6-12-9-11/h10-12,14H,1-9H2. The van der Waals surface area contributed by atoms with Crippen LogP contribution in [-0.4, -0.2) is 48.3 Å². The molecule has 0 spiro atoms. The number of nitrogens with one attached hydrogen (secondary N) is 1. The normalized spacial score (nSPS) is 29.1. The zero-order valence-electron chi connectivity index (χ0n) is 8.91. The molecule has 2 fully saturated rings. The Morgan fingerprint density at radius 1 is 1.14 bits per heavy atom. The van der Waals surface area contributed by atoms with Crippen molar-refractivity contribution in [1.82, 2.24) is 10.2 Å². The third-order valence-electron chi connectivity index (χ3n) is 3.64. The molecule has 82 valence electrons. The van der Waals surface area contributed by atoms with Crippen molar-refractivity contribution in [1.29, 1.82) is 0 Å². The number of aliphatic hydroxyl groups is 1. The van der Waals surface area contributed by atoms with Crippen LogP contribution >= 0.6 is 0 Å². The number of aliphatic hydroxyl groups excluding tert-OH is 1. The van der Waals surface area contributed by atoms with Gasteiger partial charge in [0.2, 0.25) is 0 Å². The van der Waals surface area contributed by atoms with Crippen LogP contribution in [0.3, 0.4) is 0 Å². The van der Waals surface area contributed by atoms with E-state index < -0.39 is 0 Å². The molecule has 1 heterocycles. The van der Waals surface area contributed by atoms with Crippen LogP contribution < -0.4 is 5.32 Å². The summed E-state index contributed by atoms with van der Waals surface area (Å²) in [6.45, 7) is 3.48. The minimum Gasteiger partial charge on any atom is -0.395 e. The lowest BCUT2D eigenvalue weighted by atomic mass is 9.89. The third kappa shape index (κ3) is 2.27. The highest BCUT2D eigenvalue weighted by atomic mass is 16.3. The predicted molar refractivity (Wildman–Crippen MR) is 57.3 cm³/mol. The molecule has 1 atom stereocenters. The molecule has 0 bridgehead atoms. The van der Waals surface area contributed by atoms with Crippen LogP contribution in [-0.2, 0) is 0 Å². The molecule has 2 rings (SSSR count). The Bertz CT molecular complexity index is 165. The average Bonchev–Trinajstić information content (AvgIpc) is 2.16. The van der Waals surface area contributed by atoms with Crippen molar-refractivity contribution in [2.75, 3.05) is 26.2 Å². The second-order valence-electron chi connectivity index (χ2n) is 4.55. The van der Waals surface area contributed by atoms with E-state index in [-0.39, 0.29) is 0 Å². The monoisotopic (exact) mass is 198 g/mol. The predicted octanol–water partition coefficient (Wildman–Crippen LogP) is 0.585. The van der Waals surface area contributed by atoms with Gasteiger partial charge in [-0.15, -0.1) is 0 Å². The zero-order chi connectivity index (χ0) is 9.80. The lowest BCUT2D eigenvalue weighted by Crippen LogP contribution is -2.53. The Morgan fingerprint density at radius 2 is 1.93 bits per heavy atom. The van der Waals surface area contributed by atoms with Gasteiger partial charge >= 0.3 is 0 Å². The Balaban J connectivity index is 1.86. The first-order chi connectivity index (χ1) is 6.92. The van der Waals surface area contributed by atoms with Gasteiger partial charge in [-0.2, -0.15) is 0 Å². The van der Waals surface area contributed by atoms with Crippen LogP contribution in [0.25, 0.3) is 0 Å². The summed E-state index contributed by atoms with van der Waals surface area (Å²) in [6.07, 6.45) is 6.67. The molecular formula is C11H22N2O. The zero-order valence-corrected chi connectivity index (χ0v) is 8.91. The highest BCUT2D eigenvalue weighted by Gasteiger charge is 2.30. The molecule has 1 unspecified atom stereocenters. The van der Waals surface area contributed by atoms with Gasteiger partial charge in [0, 0.05) is 25.2 Å². The van der Waals surface area contributed by atoms with Gasteiger partial charge in [-0.25, -0.2) is 0 Å². The van der Waals surface area contributed by atoms with E-state index in [4.69, 9.17) is 5.11 Å². The van der Waals surface area contributed by atoms with Crippen molar-refractivity contribution in [2.45, 2.75) is 44.2 Å². The molecule has 2 N–H and O–H groups in total. The minimum atomic E-state index is 0.313. The van der Waals surface area contributed by atoms with E-state index in [1.165, 1.54) is 38.6 Å². The SMILES string of the molecule is OCCN(C1CCC1)C1CCCNC1. The van der Waals surface area contributed by atoms with Gasteiger partial charge in [-0.3, -0.25) is 4.90 Å². The molecule has 3 nitrogen and oxygen atoms in total. The smallest absolute Gasteiger partial charge is 0.0558 e. The maximum atomic E-state index is 9.07. The maximum absolute atomic E-state index is 9.07. The van der Waals surface area contributed by atoms with Crippen LogP contribution in [0.4, 0.5) is 0 Å². The number of hydrogen-bond donors (Lipinski definition) is 2. The molecule has 1 saturated carbocycles. The Labute approximate surface area is 86.5 Å². The number of nitrogens with zero attached hydrogens (tertiary/aromatic N) is 1. The quantitative estimate of drug-likeness (QED) is 0.694. The average molecular weight is 198 g/mol. The van der Waals surface area contributed by atoms with E-state index in [2.05, 4.69) is 10.2 Å². The lowest BCUT2D eigenvalue weighted by Gasteiger charge is -2.43. The summed E-state index contributed by atoms with van der Waals surface area (Å²) >= 11 is 0. The molecule has 1 aliphatic heterocycles. The molecule has 0 aromatic rings. The fourth-order valence-corrected chi connectivity index (χ4v) is 2.61. The van der Waals surface area contributed by atoms with Gasteiger partial charge in [0.25, 0.3) is 0 Å². The van der Waals surface area contributed by atoms with Gasteiger partial charge in [0.05, 0.1) is 6.61 Å². The summed E-state index contributed by atoms with van der Waals surface area (Å²) in [7, 11) is 0. The maximum Gasteiger partial charge on any atom is 0.0558 e. The molecule has 0 amide bonds. The Morgan fingerprint density at radius 3 is 2.43 bits per heavy atom. The van der Waals surface area contributed by atoms with E-state index in [9.17, 15) is 0 Å². The van der Waals surface area contributed by atoms with Crippen LogP contribution in [0.15, 0.2) is 0 Å². The molecule has 1 aliphatic carbocycles. The second kappa shape index (κ2) is 5.10. The first-order valence-electron chi connectivity index (χ1n) is 5.99. The summed E-state index contributed by atoms with van der Waals surface area (Å²) in [6, 6.07) is 1.45. The van der Waals surface area contributed by atoms with E-state index in [0.717, 1.165) is 19.1 Å². The van der Waals surface area contributed by atoms with Crippen LogP contribution in [0.5, 0.6) is 0 Å². The van der Waals surface area contributed by atoms with Crippen molar-refractivity contribution < 1.29 is 5.11 Å². The fraction of sp³-hybridized carbons (Fsp3) is 1.00. The molecule has 2 aliphatic rings. The topological polar surface area (TPSA) is 35.5 Å². The van der Waals surface area contributed by atoms with Gasteiger partial charge in [0.15, 0.2) is 0 Å². The molecule has 14 heavy (non-hydrogen) atoms. The van der Waals surface area contributed by atoms with Gasteiger partial charge < -0.3 is 10.4 Å². The van der Waals surface area contributed by atoms with Gasteiger partial charge in [0.1, 0.15) is 0 Å². The number of rotatable bonds is 4. The van der Waals surface area contributed by atoms with Crippen molar-refractivity contribution in [3.63, 3.8) is 0 Å². The molecular weight excluding hydrogens is 176 g/mol. The van der Waals surface area contributed by atoms with Gasteiger partial charge in [-0.05, 0) is 32.2 Å². The van der Waals surface area contributed by atoms with E-state index in [1.807, 2.05) is 0 Å². The molecule has 0 aromatic carbocycles. The fourth-order valence-electron chi connectivity index (χ4n) is 2.61. The summed E-state index contributed by atoms with van der Waals surface area (Å²) < 4.78 is 0. The summed E-state index contributed by atoms with van der Waals surface area (Å²) in [5, 5.41) is 12.5. The molecule has 0 radical (unpaired) electrons. The number of piperidine rings is 1. The number of hydrogen-bond acceptors (Lipinski definition) is 3. The molecule has 1 saturated heterocycles. The summed E-state index contributed by atoms with van der Waals surface area (Å²) in [5.74, 6) is 0. The third-order valence-corrected chi connectivity index (χ3v) is 3.64. The summed E-state index contributed by atoms with van der Waals surface area (Å²) in [4.78, 5) is 2.54. The highest BCUT2D eigenvalue weighted by Crippen LogP contribution is 2.27. The van der Waals surface area contributed by atoms with Crippen molar-refractivity contribution in [3.8, 4) is 0 Å². The Kier molecular flexibility index (Phi) is 3.79. The van der Waals surface area contributed by atoms with Crippen LogP contribution in [0.1, 0.15) is 32.1 Å². The lowest BCUT2D eigenvalue weighted by molar-refractivity contribution is 0.0491. The molecule has 3 heteroatoms. The van der Waals surface area contributed by atoms with Crippen LogP contribution in [0, 0.1) is 0 Å².